The summed E-state index contributed by atoms with van der Waals surface area (Å²) in [5.74, 6) is -0.367. The zero-order valence-corrected chi connectivity index (χ0v) is 5.13. The topological polar surface area (TPSA) is 55.3 Å². The molecule has 0 heterocycles. The molecule has 0 aliphatic heterocycles. The molecule has 1 aromatic carbocycles. The summed E-state index contributed by atoms with van der Waals surface area (Å²) in [5.41, 5.74) is 0.356. The molecule has 0 atom stereocenters. The van der Waals surface area contributed by atoms with Crippen LogP contribution in [0.1, 0.15) is 5.56 Å². The number of hydrogen-bond acceptors (Lipinski definition) is 1. The second-order valence-corrected chi connectivity index (χ2v) is 1.62. The third-order valence-electron chi connectivity index (χ3n) is 0.954. The van der Waals surface area contributed by atoms with Crippen LogP contribution >= 0.6 is 0 Å². The van der Waals surface area contributed by atoms with Crippen LogP contribution in [0.3, 0.4) is 0 Å². The molecule has 0 aliphatic carbocycles. The standard InChI is InChI=1S/C7H4FN.H2O/c8-7-3-1-2-6(4-7)5-9;/h1-4H;1H2. The van der Waals surface area contributed by atoms with E-state index in [1.807, 2.05) is 6.07 Å². The van der Waals surface area contributed by atoms with E-state index in [0.29, 0.717) is 5.56 Å². The van der Waals surface area contributed by atoms with E-state index >= 15 is 0 Å². The summed E-state index contributed by atoms with van der Waals surface area (Å²) in [6.07, 6.45) is 0. The minimum absolute atomic E-state index is 0. The van der Waals surface area contributed by atoms with E-state index in [-0.39, 0.29) is 11.3 Å². The Hall–Kier alpha value is -1.40. The Morgan fingerprint density at radius 3 is 2.50 bits per heavy atom. The highest BCUT2D eigenvalue weighted by molar-refractivity contribution is 5.28. The molecule has 0 fully saturated rings. The quantitative estimate of drug-likeness (QED) is 0.526. The predicted octanol–water partition coefficient (Wildman–Crippen LogP) is 0.873. The fraction of sp³-hybridized carbons (Fsp3) is 0. The van der Waals surface area contributed by atoms with Crippen LogP contribution in [0.4, 0.5) is 4.39 Å². The summed E-state index contributed by atoms with van der Waals surface area (Å²) in [6, 6.07) is 7.40. The first-order valence-corrected chi connectivity index (χ1v) is 2.48. The SMILES string of the molecule is N#Cc1cccc(F)c1.O. The molecule has 0 aromatic heterocycles. The molecule has 0 unspecified atom stereocenters. The number of nitrogens with zero attached hydrogens (tertiary/aromatic N) is 1. The van der Waals surface area contributed by atoms with Gasteiger partial charge in [0.05, 0.1) is 11.6 Å². The molecule has 0 saturated heterocycles. The average Bonchev–Trinajstić information content (AvgIpc) is 1.88. The number of benzene rings is 1. The van der Waals surface area contributed by atoms with Gasteiger partial charge in [-0.2, -0.15) is 5.26 Å². The maximum Gasteiger partial charge on any atom is 0.124 e. The van der Waals surface area contributed by atoms with Gasteiger partial charge < -0.3 is 5.48 Å². The van der Waals surface area contributed by atoms with Crippen LogP contribution in [0.15, 0.2) is 24.3 Å². The van der Waals surface area contributed by atoms with E-state index in [0.717, 1.165) is 0 Å². The molecule has 52 valence electrons. The first-order valence-electron chi connectivity index (χ1n) is 2.48. The van der Waals surface area contributed by atoms with E-state index in [1.54, 1.807) is 6.07 Å². The van der Waals surface area contributed by atoms with Crippen LogP contribution in [0.2, 0.25) is 0 Å². The maximum absolute atomic E-state index is 12.2. The van der Waals surface area contributed by atoms with E-state index in [2.05, 4.69) is 0 Å². The van der Waals surface area contributed by atoms with Crippen LogP contribution in [0.5, 0.6) is 0 Å². The van der Waals surface area contributed by atoms with E-state index in [9.17, 15) is 4.39 Å². The van der Waals surface area contributed by atoms with Crippen molar-refractivity contribution in [2.45, 2.75) is 0 Å². The number of rotatable bonds is 0. The van der Waals surface area contributed by atoms with E-state index in [1.165, 1.54) is 18.2 Å². The summed E-state index contributed by atoms with van der Waals surface area (Å²) in [6.45, 7) is 0. The molecule has 1 rings (SSSR count). The minimum atomic E-state index is -0.367. The van der Waals surface area contributed by atoms with Gasteiger partial charge in [-0.05, 0) is 18.2 Å². The highest BCUT2D eigenvalue weighted by Gasteiger charge is 1.89. The van der Waals surface area contributed by atoms with Gasteiger partial charge in [0.25, 0.3) is 0 Å². The molecular weight excluding hydrogens is 133 g/mol. The Balaban J connectivity index is 0.000000810. The first-order chi connectivity index (χ1) is 4.33. The van der Waals surface area contributed by atoms with Gasteiger partial charge in [0.2, 0.25) is 0 Å². The van der Waals surface area contributed by atoms with E-state index in [4.69, 9.17) is 5.26 Å². The Morgan fingerprint density at radius 1 is 1.40 bits per heavy atom. The first kappa shape index (κ1) is 8.60. The zero-order valence-electron chi connectivity index (χ0n) is 5.13. The number of halogens is 1. The summed E-state index contributed by atoms with van der Waals surface area (Å²) in [5, 5.41) is 8.25. The Labute approximate surface area is 57.8 Å². The molecule has 2 N–H and O–H groups in total. The van der Waals surface area contributed by atoms with Gasteiger partial charge in [-0.1, -0.05) is 6.07 Å². The third kappa shape index (κ3) is 1.84. The second-order valence-electron chi connectivity index (χ2n) is 1.62. The Morgan fingerprint density at radius 2 is 2.10 bits per heavy atom. The van der Waals surface area contributed by atoms with Gasteiger partial charge in [0.1, 0.15) is 5.82 Å². The largest absolute Gasteiger partial charge is 0.412 e. The van der Waals surface area contributed by atoms with Gasteiger partial charge in [0, 0.05) is 0 Å². The molecule has 0 spiro atoms. The second kappa shape index (κ2) is 3.59. The summed E-state index contributed by atoms with van der Waals surface area (Å²) in [4.78, 5) is 0. The smallest absolute Gasteiger partial charge is 0.124 e. The fourth-order valence-electron chi connectivity index (χ4n) is 0.558. The lowest BCUT2D eigenvalue weighted by Crippen LogP contribution is -1.74. The lowest BCUT2D eigenvalue weighted by molar-refractivity contribution is 0.627. The van der Waals surface area contributed by atoms with Crippen molar-refractivity contribution in [1.82, 2.24) is 0 Å². The van der Waals surface area contributed by atoms with Gasteiger partial charge >= 0.3 is 0 Å². The van der Waals surface area contributed by atoms with Gasteiger partial charge in [-0.3, -0.25) is 0 Å². The van der Waals surface area contributed by atoms with Gasteiger partial charge in [-0.15, -0.1) is 0 Å². The van der Waals surface area contributed by atoms with Crippen molar-refractivity contribution in [2.75, 3.05) is 0 Å². The van der Waals surface area contributed by atoms with Crippen molar-refractivity contribution in [1.29, 1.82) is 5.26 Å². The predicted molar refractivity (Wildman–Crippen MR) is 34.7 cm³/mol. The van der Waals surface area contributed by atoms with Crippen LogP contribution in [0.25, 0.3) is 0 Å². The molecule has 0 aliphatic rings. The molecule has 0 radical (unpaired) electrons. The Bertz CT molecular complexity index is 254. The lowest BCUT2D eigenvalue weighted by atomic mass is 10.2. The monoisotopic (exact) mass is 139 g/mol. The molecule has 0 amide bonds. The fourth-order valence-corrected chi connectivity index (χ4v) is 0.558. The molecule has 2 nitrogen and oxygen atoms in total. The molecular formula is C7H6FNO. The molecule has 0 saturated carbocycles. The average molecular weight is 139 g/mol. The van der Waals surface area contributed by atoms with Crippen LogP contribution in [-0.4, -0.2) is 5.48 Å². The van der Waals surface area contributed by atoms with Crippen molar-refractivity contribution in [3.63, 3.8) is 0 Å². The molecule has 1 aromatic rings. The number of nitriles is 1. The van der Waals surface area contributed by atoms with Gasteiger partial charge in [-0.25, -0.2) is 4.39 Å². The Kier molecular flexibility index (Phi) is 3.09. The highest BCUT2D eigenvalue weighted by Crippen LogP contribution is 2.00. The zero-order chi connectivity index (χ0) is 6.69. The summed E-state index contributed by atoms with van der Waals surface area (Å²) < 4.78 is 12.2. The van der Waals surface area contributed by atoms with Crippen molar-refractivity contribution in [3.05, 3.63) is 35.6 Å². The molecule has 10 heavy (non-hydrogen) atoms. The maximum atomic E-state index is 12.2. The lowest BCUT2D eigenvalue weighted by Gasteiger charge is -1.85. The van der Waals surface area contributed by atoms with Crippen molar-refractivity contribution >= 4 is 0 Å². The van der Waals surface area contributed by atoms with E-state index < -0.39 is 0 Å². The third-order valence-corrected chi connectivity index (χ3v) is 0.954. The van der Waals surface area contributed by atoms with Crippen LogP contribution in [0, 0.1) is 17.1 Å². The van der Waals surface area contributed by atoms with Crippen LogP contribution in [-0.2, 0) is 0 Å². The molecule has 3 heteroatoms. The molecule has 0 bridgehead atoms. The van der Waals surface area contributed by atoms with Crippen molar-refractivity contribution in [2.24, 2.45) is 0 Å². The minimum Gasteiger partial charge on any atom is -0.412 e. The highest BCUT2D eigenvalue weighted by atomic mass is 19.1. The number of hydrogen-bond donors (Lipinski definition) is 0. The van der Waals surface area contributed by atoms with Gasteiger partial charge in [0.15, 0.2) is 0 Å². The van der Waals surface area contributed by atoms with Crippen molar-refractivity contribution < 1.29 is 9.87 Å². The van der Waals surface area contributed by atoms with Crippen LogP contribution < -0.4 is 0 Å². The normalized spacial score (nSPS) is 7.60. The van der Waals surface area contributed by atoms with Crippen molar-refractivity contribution in [3.8, 4) is 6.07 Å². The summed E-state index contributed by atoms with van der Waals surface area (Å²) in [7, 11) is 0. The summed E-state index contributed by atoms with van der Waals surface area (Å²) >= 11 is 0.